The summed E-state index contributed by atoms with van der Waals surface area (Å²) >= 11 is 0. The van der Waals surface area contributed by atoms with Crippen LogP contribution in [0.5, 0.6) is 0 Å². The molecule has 6 nitrogen and oxygen atoms in total. The van der Waals surface area contributed by atoms with E-state index in [4.69, 9.17) is 14.2 Å². The minimum absolute atomic E-state index is 0.100. The Kier molecular flexibility index (Phi) is 47.5. The number of carbonyl (C=O) groups is 3. The van der Waals surface area contributed by atoms with Crippen molar-refractivity contribution in [3.8, 4) is 0 Å². The third-order valence-electron chi connectivity index (χ3n) is 10.7. The Morgan fingerprint density at radius 3 is 1.03 bits per heavy atom. The first-order valence-electron chi connectivity index (χ1n) is 25.7. The number of hydrogen-bond donors (Lipinski definition) is 0. The number of hydrogen-bond acceptors (Lipinski definition) is 6. The van der Waals surface area contributed by atoms with Gasteiger partial charge in [-0.25, -0.2) is 0 Å². The summed E-state index contributed by atoms with van der Waals surface area (Å²) in [6.07, 6.45) is 64.2. The molecule has 0 fully saturated rings. The average molecular weight is 863 g/mol. The fraction of sp³-hybridized carbons (Fsp3) is 0.696. The molecule has 0 aliphatic rings. The van der Waals surface area contributed by atoms with Crippen LogP contribution in [-0.4, -0.2) is 37.2 Å². The highest BCUT2D eigenvalue weighted by Crippen LogP contribution is 2.13. The largest absolute Gasteiger partial charge is 0.462 e. The van der Waals surface area contributed by atoms with Crippen LogP contribution >= 0.6 is 0 Å². The molecule has 0 saturated carbocycles. The van der Waals surface area contributed by atoms with E-state index in [0.717, 1.165) is 122 Å². The van der Waals surface area contributed by atoms with E-state index in [1.807, 2.05) is 0 Å². The molecule has 0 heterocycles. The molecule has 354 valence electrons. The highest BCUT2D eigenvalue weighted by molar-refractivity contribution is 5.71. The third kappa shape index (κ3) is 47.6. The van der Waals surface area contributed by atoms with Gasteiger partial charge in [-0.1, -0.05) is 209 Å². The smallest absolute Gasteiger partial charge is 0.306 e. The number of carbonyl (C=O) groups excluding carboxylic acids is 3. The van der Waals surface area contributed by atoms with Gasteiger partial charge in [0.05, 0.1) is 0 Å². The summed E-state index contributed by atoms with van der Waals surface area (Å²) in [6, 6.07) is 0. The van der Waals surface area contributed by atoms with Crippen molar-refractivity contribution >= 4 is 17.9 Å². The number of unbranched alkanes of at least 4 members (excludes halogenated alkanes) is 24. The van der Waals surface area contributed by atoms with Crippen molar-refractivity contribution in [2.24, 2.45) is 0 Å². The van der Waals surface area contributed by atoms with Crippen molar-refractivity contribution in [3.05, 3.63) is 85.1 Å². The maximum atomic E-state index is 12.8. The predicted molar refractivity (Wildman–Crippen MR) is 265 cm³/mol. The van der Waals surface area contributed by atoms with E-state index in [0.29, 0.717) is 19.3 Å². The minimum Gasteiger partial charge on any atom is -0.462 e. The van der Waals surface area contributed by atoms with Crippen LogP contribution in [-0.2, 0) is 28.6 Å². The van der Waals surface area contributed by atoms with Crippen LogP contribution in [0, 0.1) is 0 Å². The second-order valence-corrected chi connectivity index (χ2v) is 16.8. The Morgan fingerprint density at radius 2 is 0.645 bits per heavy atom. The summed E-state index contributed by atoms with van der Waals surface area (Å²) in [6.45, 7) is 6.42. The van der Waals surface area contributed by atoms with Gasteiger partial charge in [0.2, 0.25) is 0 Å². The second-order valence-electron chi connectivity index (χ2n) is 16.8. The Balaban J connectivity index is 4.46. The lowest BCUT2D eigenvalue weighted by Gasteiger charge is -2.18. The molecule has 0 N–H and O–H groups in total. The van der Waals surface area contributed by atoms with E-state index in [-0.39, 0.29) is 31.1 Å². The van der Waals surface area contributed by atoms with Crippen molar-refractivity contribution in [1.29, 1.82) is 0 Å². The quantitative estimate of drug-likeness (QED) is 0.0199. The molecular weight excluding hydrogens is 769 g/mol. The van der Waals surface area contributed by atoms with Crippen molar-refractivity contribution in [3.63, 3.8) is 0 Å². The summed E-state index contributed by atoms with van der Waals surface area (Å²) in [7, 11) is 0. The molecule has 62 heavy (non-hydrogen) atoms. The van der Waals surface area contributed by atoms with E-state index in [1.54, 1.807) is 0 Å². The monoisotopic (exact) mass is 863 g/mol. The molecule has 0 saturated heterocycles. The van der Waals surface area contributed by atoms with Crippen LogP contribution < -0.4 is 0 Å². The molecule has 0 rings (SSSR count). The minimum atomic E-state index is -0.801. The first kappa shape index (κ1) is 58.6. The van der Waals surface area contributed by atoms with Gasteiger partial charge in [-0.05, 0) is 89.9 Å². The summed E-state index contributed by atoms with van der Waals surface area (Å²) < 4.78 is 16.7. The van der Waals surface area contributed by atoms with E-state index < -0.39 is 6.10 Å². The highest BCUT2D eigenvalue weighted by atomic mass is 16.6. The molecule has 1 atom stereocenters. The maximum Gasteiger partial charge on any atom is 0.306 e. The Bertz CT molecular complexity index is 1220. The Labute approximate surface area is 382 Å². The van der Waals surface area contributed by atoms with Crippen LogP contribution in [0.15, 0.2) is 85.1 Å². The average Bonchev–Trinajstić information content (AvgIpc) is 3.27. The Morgan fingerprint density at radius 1 is 0.339 bits per heavy atom. The van der Waals surface area contributed by atoms with Gasteiger partial charge < -0.3 is 14.2 Å². The van der Waals surface area contributed by atoms with Crippen LogP contribution in [0.4, 0.5) is 0 Å². The lowest BCUT2D eigenvalue weighted by molar-refractivity contribution is -0.167. The SMILES string of the molecule is CC\C=C/C=C\C=C/CCCCCCCC(=O)OC(COC(=O)CCCCC/C=C\CCCCCCCC)COC(=O)CCCCCCC\C=C/C=C\C=C/CCCCCCC. The second kappa shape index (κ2) is 50.2. The zero-order valence-corrected chi connectivity index (χ0v) is 40.4. The van der Waals surface area contributed by atoms with Gasteiger partial charge in [-0.2, -0.15) is 0 Å². The molecule has 0 spiro atoms. The van der Waals surface area contributed by atoms with Crippen LogP contribution in [0.2, 0.25) is 0 Å². The zero-order valence-electron chi connectivity index (χ0n) is 40.4. The molecule has 0 radical (unpaired) electrons. The lowest BCUT2D eigenvalue weighted by Crippen LogP contribution is -2.30. The van der Waals surface area contributed by atoms with E-state index >= 15 is 0 Å². The van der Waals surface area contributed by atoms with Crippen LogP contribution in [0.25, 0.3) is 0 Å². The van der Waals surface area contributed by atoms with E-state index in [9.17, 15) is 14.4 Å². The molecule has 0 aromatic rings. The molecule has 0 bridgehead atoms. The van der Waals surface area contributed by atoms with Gasteiger partial charge in [-0.15, -0.1) is 0 Å². The highest BCUT2D eigenvalue weighted by Gasteiger charge is 2.19. The van der Waals surface area contributed by atoms with Gasteiger partial charge in [-0.3, -0.25) is 14.4 Å². The van der Waals surface area contributed by atoms with Gasteiger partial charge in [0, 0.05) is 19.3 Å². The zero-order chi connectivity index (χ0) is 45.1. The third-order valence-corrected chi connectivity index (χ3v) is 10.7. The number of ether oxygens (including phenoxy) is 3. The van der Waals surface area contributed by atoms with Crippen molar-refractivity contribution in [1.82, 2.24) is 0 Å². The normalized spacial score (nSPS) is 12.8. The molecule has 0 aliphatic carbocycles. The molecule has 6 heteroatoms. The number of allylic oxidation sites excluding steroid dienone is 14. The molecule has 0 aromatic carbocycles. The van der Waals surface area contributed by atoms with Crippen molar-refractivity contribution in [2.75, 3.05) is 13.2 Å². The van der Waals surface area contributed by atoms with Crippen molar-refractivity contribution in [2.45, 2.75) is 239 Å². The summed E-state index contributed by atoms with van der Waals surface area (Å²) in [5.41, 5.74) is 0. The summed E-state index contributed by atoms with van der Waals surface area (Å²) in [5, 5.41) is 0. The summed E-state index contributed by atoms with van der Waals surface area (Å²) in [4.78, 5) is 37.9. The van der Waals surface area contributed by atoms with Crippen LogP contribution in [0.3, 0.4) is 0 Å². The summed E-state index contributed by atoms with van der Waals surface area (Å²) in [5.74, 6) is -0.958. The van der Waals surface area contributed by atoms with E-state index in [1.165, 1.54) is 70.6 Å². The lowest BCUT2D eigenvalue weighted by atomic mass is 10.1. The van der Waals surface area contributed by atoms with E-state index in [2.05, 4.69) is 106 Å². The predicted octanol–water partition coefficient (Wildman–Crippen LogP) is 16.8. The van der Waals surface area contributed by atoms with Crippen molar-refractivity contribution < 1.29 is 28.6 Å². The molecule has 0 aliphatic heterocycles. The molecular formula is C56H94O6. The molecule has 0 amide bonds. The van der Waals surface area contributed by atoms with Crippen LogP contribution in [0.1, 0.15) is 233 Å². The van der Waals surface area contributed by atoms with Gasteiger partial charge in [0.25, 0.3) is 0 Å². The number of esters is 3. The van der Waals surface area contributed by atoms with Gasteiger partial charge in [0.1, 0.15) is 13.2 Å². The fourth-order valence-electron chi connectivity index (χ4n) is 6.85. The maximum absolute atomic E-state index is 12.8. The first-order chi connectivity index (χ1) is 30.5. The Hall–Kier alpha value is -3.41. The van der Waals surface area contributed by atoms with Gasteiger partial charge >= 0.3 is 17.9 Å². The fourth-order valence-corrected chi connectivity index (χ4v) is 6.85. The molecule has 1 unspecified atom stereocenters. The standard InChI is InChI=1S/C56H94O6/c1-4-7-10-13-16-19-22-25-26-27-28-29-32-34-37-40-43-46-49-55(58)61-52-53(62-56(59)50-47-44-41-38-35-31-24-21-18-15-12-9-6-3)51-60-54(57)48-45-42-39-36-33-30-23-20-17-14-11-8-5-2/h9,12,15,18,21-22,24-30,33,53H,4-8,10-11,13-14,16-17,19-20,23,31-32,34-52H2,1-3H3/b12-9-,18-15-,24-21-,25-22-,27-26-,29-28-,33-30-. The molecule has 0 aromatic heterocycles. The first-order valence-corrected chi connectivity index (χ1v) is 25.7. The van der Waals surface area contributed by atoms with Gasteiger partial charge in [0.15, 0.2) is 6.10 Å². The topological polar surface area (TPSA) is 78.9 Å². The number of rotatable bonds is 45.